The van der Waals surface area contributed by atoms with Crippen LogP contribution in [0.3, 0.4) is 0 Å². The lowest BCUT2D eigenvalue weighted by Crippen LogP contribution is -2.51. The number of amides is 1. The molecule has 0 heterocycles. The van der Waals surface area contributed by atoms with Crippen LogP contribution in [-0.4, -0.2) is 22.5 Å². The molecule has 0 radical (unpaired) electrons. The van der Waals surface area contributed by atoms with Crippen molar-refractivity contribution in [3.63, 3.8) is 0 Å². The Hall–Kier alpha value is -1.91. The molecule has 0 bridgehead atoms. The molecule has 0 saturated carbocycles. The molecule has 1 amide bonds. The largest absolute Gasteiger partial charge is 0.480 e. The molecule has 1 atom stereocenters. The van der Waals surface area contributed by atoms with Crippen molar-refractivity contribution in [2.75, 3.05) is 0 Å². The minimum atomic E-state index is -1.35. The zero-order chi connectivity index (χ0) is 13.9. The van der Waals surface area contributed by atoms with Crippen LogP contribution in [0.2, 0.25) is 0 Å². The fourth-order valence-corrected chi connectivity index (χ4v) is 1.45. The summed E-state index contributed by atoms with van der Waals surface area (Å²) >= 11 is 0. The van der Waals surface area contributed by atoms with Gasteiger partial charge in [0, 0.05) is 5.56 Å². The lowest BCUT2D eigenvalue weighted by molar-refractivity contribution is -0.143. The number of nitrogens with one attached hydrogen (secondary N) is 1. The molecule has 1 unspecified atom stereocenters. The van der Waals surface area contributed by atoms with E-state index in [1.165, 1.54) is 19.1 Å². The van der Waals surface area contributed by atoms with Crippen LogP contribution < -0.4 is 5.32 Å². The van der Waals surface area contributed by atoms with Crippen LogP contribution in [-0.2, 0) is 4.79 Å². The number of hydrogen-bond acceptors (Lipinski definition) is 2. The number of carboxylic acids is 1. The van der Waals surface area contributed by atoms with Gasteiger partial charge in [-0.05, 0) is 38.0 Å². The SMILES string of the molecule is CCC(C)(NC(=O)c1cc(F)ccc1C)C(=O)O. The molecule has 0 aliphatic rings. The normalized spacial score (nSPS) is 13.8. The topological polar surface area (TPSA) is 66.4 Å². The third-order valence-corrected chi connectivity index (χ3v) is 3.01. The molecule has 0 aliphatic carbocycles. The molecule has 0 spiro atoms. The van der Waals surface area contributed by atoms with Crippen LogP contribution in [0.25, 0.3) is 0 Å². The number of aliphatic carboxylic acids is 1. The van der Waals surface area contributed by atoms with Gasteiger partial charge < -0.3 is 10.4 Å². The molecule has 0 fully saturated rings. The first-order valence-electron chi connectivity index (χ1n) is 5.62. The fraction of sp³-hybridized carbons (Fsp3) is 0.385. The molecular weight excluding hydrogens is 237 g/mol. The predicted molar refractivity (Wildman–Crippen MR) is 64.9 cm³/mol. The Bertz CT molecular complexity index is 487. The van der Waals surface area contributed by atoms with E-state index >= 15 is 0 Å². The highest BCUT2D eigenvalue weighted by Crippen LogP contribution is 2.14. The first-order chi connectivity index (χ1) is 8.30. The second-order valence-electron chi connectivity index (χ2n) is 4.40. The second kappa shape index (κ2) is 5.16. The van der Waals surface area contributed by atoms with Gasteiger partial charge in [0.15, 0.2) is 0 Å². The summed E-state index contributed by atoms with van der Waals surface area (Å²) in [7, 11) is 0. The van der Waals surface area contributed by atoms with Gasteiger partial charge in [-0.25, -0.2) is 9.18 Å². The standard InChI is InChI=1S/C13H16FNO3/c1-4-13(3,12(17)18)15-11(16)10-7-9(14)6-5-8(10)2/h5-7H,4H2,1-3H3,(H,15,16)(H,17,18). The van der Waals surface area contributed by atoms with Crippen molar-refractivity contribution >= 4 is 11.9 Å². The summed E-state index contributed by atoms with van der Waals surface area (Å²) in [6.45, 7) is 4.74. The molecule has 5 heteroatoms. The van der Waals surface area contributed by atoms with E-state index in [4.69, 9.17) is 5.11 Å². The lowest BCUT2D eigenvalue weighted by atomic mass is 9.98. The number of carboxylic acid groups (broad SMARTS) is 1. The van der Waals surface area contributed by atoms with E-state index in [2.05, 4.69) is 5.32 Å². The summed E-state index contributed by atoms with van der Waals surface area (Å²) in [5.41, 5.74) is -0.607. The summed E-state index contributed by atoms with van der Waals surface area (Å²) < 4.78 is 13.1. The van der Waals surface area contributed by atoms with Crippen LogP contribution in [0.5, 0.6) is 0 Å². The highest BCUT2D eigenvalue weighted by molar-refractivity contribution is 5.98. The van der Waals surface area contributed by atoms with Gasteiger partial charge in [0.25, 0.3) is 5.91 Å². The average molecular weight is 253 g/mol. The molecule has 2 N–H and O–H groups in total. The highest BCUT2D eigenvalue weighted by Gasteiger charge is 2.33. The quantitative estimate of drug-likeness (QED) is 0.863. The Kier molecular flexibility index (Phi) is 4.06. The number of hydrogen-bond donors (Lipinski definition) is 2. The zero-order valence-corrected chi connectivity index (χ0v) is 10.6. The molecule has 1 rings (SSSR count). The number of aryl methyl sites for hydroxylation is 1. The maximum absolute atomic E-state index is 13.1. The van der Waals surface area contributed by atoms with E-state index in [9.17, 15) is 14.0 Å². The van der Waals surface area contributed by atoms with Crippen molar-refractivity contribution in [1.82, 2.24) is 5.32 Å². The second-order valence-corrected chi connectivity index (χ2v) is 4.40. The van der Waals surface area contributed by atoms with Crippen LogP contribution in [0.15, 0.2) is 18.2 Å². The number of halogens is 1. The third kappa shape index (κ3) is 2.85. The first-order valence-corrected chi connectivity index (χ1v) is 5.62. The molecule has 18 heavy (non-hydrogen) atoms. The van der Waals surface area contributed by atoms with Crippen molar-refractivity contribution in [3.8, 4) is 0 Å². The minimum Gasteiger partial charge on any atom is -0.480 e. The molecule has 0 aromatic heterocycles. The molecular formula is C13H16FNO3. The van der Waals surface area contributed by atoms with Gasteiger partial charge in [-0.3, -0.25) is 4.79 Å². The van der Waals surface area contributed by atoms with Crippen LogP contribution in [0.4, 0.5) is 4.39 Å². The minimum absolute atomic E-state index is 0.149. The first kappa shape index (κ1) is 14.2. The Morgan fingerprint density at radius 1 is 1.44 bits per heavy atom. The zero-order valence-electron chi connectivity index (χ0n) is 10.6. The van der Waals surface area contributed by atoms with Crippen LogP contribution in [0, 0.1) is 12.7 Å². The Labute approximate surface area is 105 Å². The maximum Gasteiger partial charge on any atom is 0.329 e. The molecule has 4 nitrogen and oxygen atoms in total. The molecule has 1 aromatic rings. The van der Waals surface area contributed by atoms with Crippen molar-refractivity contribution in [2.45, 2.75) is 32.7 Å². The predicted octanol–water partition coefficient (Wildman–Crippen LogP) is 2.12. The number of carbonyl (C=O) groups is 2. The molecule has 0 aliphatic heterocycles. The van der Waals surface area contributed by atoms with E-state index in [0.717, 1.165) is 6.07 Å². The maximum atomic E-state index is 13.1. The molecule has 1 aromatic carbocycles. The Morgan fingerprint density at radius 2 is 2.06 bits per heavy atom. The summed E-state index contributed by atoms with van der Waals surface area (Å²) in [6, 6.07) is 3.83. The molecule has 0 saturated heterocycles. The van der Waals surface area contributed by atoms with Crippen molar-refractivity contribution in [2.24, 2.45) is 0 Å². The third-order valence-electron chi connectivity index (χ3n) is 3.01. The van der Waals surface area contributed by atoms with Crippen LogP contribution in [0.1, 0.15) is 36.2 Å². The van der Waals surface area contributed by atoms with E-state index in [0.29, 0.717) is 5.56 Å². The van der Waals surface area contributed by atoms with Crippen molar-refractivity contribution in [1.29, 1.82) is 0 Å². The van der Waals surface area contributed by atoms with E-state index < -0.39 is 23.2 Å². The Morgan fingerprint density at radius 3 is 2.56 bits per heavy atom. The fourth-order valence-electron chi connectivity index (χ4n) is 1.45. The monoisotopic (exact) mass is 253 g/mol. The Balaban J connectivity index is 3.02. The summed E-state index contributed by atoms with van der Waals surface area (Å²) in [4.78, 5) is 23.0. The number of rotatable bonds is 4. The van der Waals surface area contributed by atoms with Crippen molar-refractivity contribution < 1.29 is 19.1 Å². The summed E-state index contributed by atoms with van der Waals surface area (Å²) in [5, 5.41) is 11.5. The smallest absolute Gasteiger partial charge is 0.329 e. The van der Waals surface area contributed by atoms with E-state index in [1.807, 2.05) is 0 Å². The van der Waals surface area contributed by atoms with Gasteiger partial charge in [-0.1, -0.05) is 13.0 Å². The lowest BCUT2D eigenvalue weighted by Gasteiger charge is -2.25. The van der Waals surface area contributed by atoms with Gasteiger partial charge in [-0.15, -0.1) is 0 Å². The van der Waals surface area contributed by atoms with Crippen LogP contribution >= 0.6 is 0 Å². The summed E-state index contributed by atoms with van der Waals surface area (Å²) in [5.74, 6) is -2.23. The van der Waals surface area contributed by atoms with Gasteiger partial charge in [0.2, 0.25) is 0 Å². The van der Waals surface area contributed by atoms with E-state index in [1.54, 1.807) is 13.8 Å². The van der Waals surface area contributed by atoms with Gasteiger partial charge in [0.05, 0.1) is 0 Å². The van der Waals surface area contributed by atoms with Gasteiger partial charge in [0.1, 0.15) is 11.4 Å². The average Bonchev–Trinajstić information content (AvgIpc) is 2.31. The highest BCUT2D eigenvalue weighted by atomic mass is 19.1. The van der Waals surface area contributed by atoms with Gasteiger partial charge >= 0.3 is 5.97 Å². The molecule has 98 valence electrons. The van der Waals surface area contributed by atoms with Crippen molar-refractivity contribution in [3.05, 3.63) is 35.1 Å². The van der Waals surface area contributed by atoms with Gasteiger partial charge in [-0.2, -0.15) is 0 Å². The van der Waals surface area contributed by atoms with E-state index in [-0.39, 0.29) is 12.0 Å². The summed E-state index contributed by atoms with van der Waals surface area (Å²) in [6.07, 6.45) is 0.239. The number of carbonyl (C=O) groups excluding carboxylic acids is 1. The number of benzene rings is 1.